The van der Waals surface area contributed by atoms with Crippen LogP contribution in [0, 0.1) is 5.92 Å². The summed E-state index contributed by atoms with van der Waals surface area (Å²) in [5.74, 6) is -5.90. The second-order valence-electron chi connectivity index (χ2n) is 10.4. The molecule has 1 aromatic rings. The van der Waals surface area contributed by atoms with Crippen molar-refractivity contribution in [1.29, 1.82) is 0 Å². The molecule has 0 spiro atoms. The number of amides is 4. The summed E-state index contributed by atoms with van der Waals surface area (Å²) in [6.45, 7) is 6.60. The van der Waals surface area contributed by atoms with Gasteiger partial charge in [0, 0.05) is 26.7 Å². The average molecular weight is 653 g/mol. The quantitative estimate of drug-likeness (QED) is 0.111. The Balaban J connectivity index is 0. The van der Waals surface area contributed by atoms with Crippen LogP contribution in [-0.2, 0) is 44.8 Å². The number of unbranched alkanes of at least 4 members (excludes halogenated alkanes) is 2. The van der Waals surface area contributed by atoms with Crippen molar-refractivity contribution in [3.8, 4) is 0 Å². The van der Waals surface area contributed by atoms with Gasteiger partial charge in [0.25, 0.3) is 5.97 Å². The predicted molar refractivity (Wildman–Crippen MR) is 168 cm³/mol. The van der Waals surface area contributed by atoms with Crippen molar-refractivity contribution in [1.82, 2.24) is 21.3 Å². The standard InChI is InChI=1S/C26H38N4O7.C3H6O2.C2H4O2/c1-17(2)24(30-22(33)16-28-25(36)21(14-23(34)35)29-18(3)31)26(37)27-15-20(32)13-9-5-8-12-19-10-6-4-7-11-19;1-2-3(4)5;1-2(3)4/h4,6-7,10-11,17,21,24H,5,8-9,12-16H2,1-3H3,(H,27,37)(H,28,36)(H,29,31)(H,30,33)(H,34,35);2H2,1H3,(H,4,5);1H3,(H,3,4)/t21-,24?;;/m0../s1. The Labute approximate surface area is 268 Å². The van der Waals surface area contributed by atoms with Gasteiger partial charge in [0.15, 0.2) is 5.78 Å². The molecule has 46 heavy (non-hydrogen) atoms. The smallest absolute Gasteiger partial charge is 0.305 e. The Kier molecular flexibility index (Phi) is 24.0. The fraction of sp³-hybridized carbons (Fsp3) is 0.548. The summed E-state index contributed by atoms with van der Waals surface area (Å²) in [4.78, 5) is 89.7. The fourth-order valence-corrected chi connectivity index (χ4v) is 3.54. The lowest BCUT2D eigenvalue weighted by Gasteiger charge is -2.22. The fourth-order valence-electron chi connectivity index (χ4n) is 3.54. The number of ketones is 1. The molecule has 0 bridgehead atoms. The monoisotopic (exact) mass is 652 g/mol. The molecule has 1 aromatic carbocycles. The minimum atomic E-state index is -1.34. The molecule has 1 unspecified atom stereocenters. The number of carbonyl (C=O) groups excluding carboxylic acids is 5. The zero-order valence-electron chi connectivity index (χ0n) is 27.1. The second kappa shape index (κ2) is 25.5. The Morgan fingerprint density at radius 1 is 0.739 bits per heavy atom. The van der Waals surface area contributed by atoms with Crippen molar-refractivity contribution in [2.45, 2.75) is 91.6 Å². The molecule has 0 saturated carbocycles. The number of carbonyl (C=O) groups is 8. The number of carboxylic acids is 3. The molecule has 4 amide bonds. The van der Waals surface area contributed by atoms with Crippen LogP contribution in [0.5, 0.6) is 0 Å². The lowest BCUT2D eigenvalue weighted by Crippen LogP contribution is -2.54. The third-order valence-corrected chi connectivity index (χ3v) is 5.79. The molecule has 2 atom stereocenters. The molecule has 0 saturated heterocycles. The maximum Gasteiger partial charge on any atom is 0.305 e. The molecular formula is C31H48N4O11. The summed E-state index contributed by atoms with van der Waals surface area (Å²) < 4.78 is 0. The van der Waals surface area contributed by atoms with Crippen LogP contribution in [0.15, 0.2) is 30.3 Å². The number of aliphatic carboxylic acids is 3. The zero-order chi connectivity index (χ0) is 35.7. The van der Waals surface area contributed by atoms with Crippen molar-refractivity contribution in [2.75, 3.05) is 13.1 Å². The second-order valence-corrected chi connectivity index (χ2v) is 10.4. The topological polar surface area (TPSA) is 245 Å². The summed E-state index contributed by atoms with van der Waals surface area (Å²) in [7, 11) is 0. The van der Waals surface area contributed by atoms with E-state index in [1.54, 1.807) is 20.8 Å². The first-order chi connectivity index (χ1) is 21.5. The number of hydrogen-bond acceptors (Lipinski definition) is 8. The average Bonchev–Trinajstić information content (AvgIpc) is 2.96. The Bertz CT molecular complexity index is 1120. The molecule has 0 aromatic heterocycles. The number of rotatable bonds is 18. The Hall–Kier alpha value is -4.82. The van der Waals surface area contributed by atoms with Gasteiger partial charge in [-0.25, -0.2) is 0 Å². The highest BCUT2D eigenvalue weighted by Crippen LogP contribution is 2.08. The van der Waals surface area contributed by atoms with E-state index in [-0.39, 0.29) is 24.7 Å². The van der Waals surface area contributed by atoms with Gasteiger partial charge in [-0.1, -0.05) is 57.5 Å². The number of aryl methyl sites for hydroxylation is 1. The van der Waals surface area contributed by atoms with Crippen molar-refractivity contribution >= 4 is 47.3 Å². The van der Waals surface area contributed by atoms with Crippen LogP contribution in [0.4, 0.5) is 0 Å². The van der Waals surface area contributed by atoms with E-state index in [1.165, 1.54) is 5.56 Å². The summed E-state index contributed by atoms with van der Waals surface area (Å²) >= 11 is 0. The van der Waals surface area contributed by atoms with Crippen molar-refractivity contribution < 1.29 is 53.7 Å². The number of Topliss-reactive ketones (excluding diaryl/α,β-unsaturated/α-hetero) is 1. The highest BCUT2D eigenvalue weighted by atomic mass is 16.4. The summed E-state index contributed by atoms with van der Waals surface area (Å²) in [5, 5.41) is 33.6. The van der Waals surface area contributed by atoms with E-state index in [2.05, 4.69) is 33.4 Å². The van der Waals surface area contributed by atoms with Gasteiger partial charge in [0.1, 0.15) is 12.1 Å². The minimum Gasteiger partial charge on any atom is -0.481 e. The Morgan fingerprint density at radius 2 is 1.28 bits per heavy atom. The molecular weight excluding hydrogens is 604 g/mol. The molecule has 15 heteroatoms. The number of nitrogens with one attached hydrogen (secondary N) is 4. The largest absolute Gasteiger partial charge is 0.481 e. The first-order valence-corrected chi connectivity index (χ1v) is 14.8. The predicted octanol–water partition coefficient (Wildman–Crippen LogP) is 1.28. The van der Waals surface area contributed by atoms with Crippen LogP contribution in [0.3, 0.4) is 0 Å². The lowest BCUT2D eigenvalue weighted by atomic mass is 10.0. The van der Waals surface area contributed by atoms with E-state index in [0.29, 0.717) is 6.42 Å². The van der Waals surface area contributed by atoms with Crippen LogP contribution in [0.25, 0.3) is 0 Å². The van der Waals surface area contributed by atoms with Crippen molar-refractivity contribution in [3.05, 3.63) is 35.9 Å². The van der Waals surface area contributed by atoms with E-state index in [0.717, 1.165) is 39.5 Å². The third kappa shape index (κ3) is 25.7. The third-order valence-electron chi connectivity index (χ3n) is 5.79. The first-order valence-electron chi connectivity index (χ1n) is 14.8. The lowest BCUT2D eigenvalue weighted by molar-refractivity contribution is -0.140. The van der Waals surface area contributed by atoms with Gasteiger partial charge in [-0.15, -0.1) is 0 Å². The maximum absolute atomic E-state index is 12.6. The minimum absolute atomic E-state index is 0.100. The summed E-state index contributed by atoms with van der Waals surface area (Å²) in [6, 6.07) is 7.83. The van der Waals surface area contributed by atoms with Crippen LogP contribution in [0.2, 0.25) is 0 Å². The Morgan fingerprint density at radius 3 is 1.76 bits per heavy atom. The normalized spacial score (nSPS) is 11.2. The molecule has 0 aliphatic rings. The van der Waals surface area contributed by atoms with Crippen molar-refractivity contribution in [2.24, 2.45) is 5.92 Å². The van der Waals surface area contributed by atoms with E-state index < -0.39 is 66.6 Å². The summed E-state index contributed by atoms with van der Waals surface area (Å²) in [6.07, 6.45) is 3.49. The number of benzene rings is 1. The molecule has 0 aliphatic heterocycles. The van der Waals surface area contributed by atoms with Crippen LogP contribution >= 0.6 is 0 Å². The van der Waals surface area contributed by atoms with Crippen LogP contribution < -0.4 is 21.3 Å². The number of carboxylic acid groups (broad SMARTS) is 3. The van der Waals surface area contributed by atoms with Gasteiger partial charge in [-0.3, -0.25) is 38.4 Å². The summed E-state index contributed by atoms with van der Waals surface area (Å²) in [5.41, 5.74) is 1.26. The van der Waals surface area contributed by atoms with Gasteiger partial charge < -0.3 is 36.6 Å². The molecule has 7 N–H and O–H groups in total. The van der Waals surface area contributed by atoms with E-state index in [1.807, 2.05) is 18.2 Å². The highest BCUT2D eigenvalue weighted by molar-refractivity contribution is 5.94. The van der Waals surface area contributed by atoms with E-state index in [9.17, 15) is 33.6 Å². The number of hydrogen-bond donors (Lipinski definition) is 7. The van der Waals surface area contributed by atoms with Gasteiger partial charge in [0.2, 0.25) is 23.6 Å². The van der Waals surface area contributed by atoms with Gasteiger partial charge in [-0.05, 0) is 30.7 Å². The molecule has 258 valence electrons. The van der Waals surface area contributed by atoms with E-state index >= 15 is 0 Å². The molecule has 1 rings (SSSR count). The molecule has 0 fully saturated rings. The van der Waals surface area contributed by atoms with Crippen LogP contribution in [-0.4, -0.2) is 87.8 Å². The zero-order valence-corrected chi connectivity index (χ0v) is 27.1. The van der Waals surface area contributed by atoms with Gasteiger partial charge in [0.05, 0.1) is 19.5 Å². The first kappa shape index (κ1) is 43.3. The maximum atomic E-state index is 12.6. The van der Waals surface area contributed by atoms with Gasteiger partial charge >= 0.3 is 11.9 Å². The molecule has 0 heterocycles. The van der Waals surface area contributed by atoms with E-state index in [4.69, 9.17) is 20.1 Å². The molecule has 15 nitrogen and oxygen atoms in total. The molecule has 0 aliphatic carbocycles. The molecule has 0 radical (unpaired) electrons. The highest BCUT2D eigenvalue weighted by Gasteiger charge is 2.26. The van der Waals surface area contributed by atoms with Gasteiger partial charge in [-0.2, -0.15) is 0 Å². The van der Waals surface area contributed by atoms with Crippen LogP contribution in [0.1, 0.15) is 78.7 Å². The SMILES string of the molecule is CC(=O)N[C@@H](CC(=O)O)C(=O)NCC(=O)NC(C(=O)NCC(=O)CCCCCc1ccccc1)C(C)C.CC(=O)O.CCC(=O)O. The van der Waals surface area contributed by atoms with Crippen molar-refractivity contribution in [3.63, 3.8) is 0 Å².